The highest BCUT2D eigenvalue weighted by Crippen LogP contribution is 2.30. The molecule has 18 heavy (non-hydrogen) atoms. The number of Topliss-reactive ketones (excluding diaryl/α,β-unsaturated/α-hetero) is 1. The van der Waals surface area contributed by atoms with Crippen LogP contribution in [0.3, 0.4) is 0 Å². The number of halogens is 1. The van der Waals surface area contributed by atoms with Crippen molar-refractivity contribution in [3.63, 3.8) is 0 Å². The lowest BCUT2D eigenvalue weighted by molar-refractivity contribution is -0.139. The molecule has 0 fully saturated rings. The van der Waals surface area contributed by atoms with Gasteiger partial charge in [0.25, 0.3) is 0 Å². The van der Waals surface area contributed by atoms with E-state index >= 15 is 0 Å². The van der Waals surface area contributed by atoms with Crippen molar-refractivity contribution in [3.8, 4) is 0 Å². The summed E-state index contributed by atoms with van der Waals surface area (Å²) in [6.45, 7) is 1.86. The van der Waals surface area contributed by atoms with Crippen LogP contribution in [-0.2, 0) is 9.53 Å². The fourth-order valence-electron chi connectivity index (χ4n) is 1.80. The average Bonchev–Trinajstić information content (AvgIpc) is 2.78. The first-order valence-corrected chi connectivity index (χ1v) is 5.78. The van der Waals surface area contributed by atoms with Crippen LogP contribution >= 0.6 is 11.6 Å². The maximum Gasteiger partial charge on any atom is 0.313 e. The zero-order valence-electron chi connectivity index (χ0n) is 10.0. The van der Waals surface area contributed by atoms with Gasteiger partial charge in [0.05, 0.1) is 12.1 Å². The molecule has 5 heteroatoms. The Balaban J connectivity index is 2.49. The zero-order chi connectivity index (χ0) is 13.3. The summed E-state index contributed by atoms with van der Waals surface area (Å²) in [5.74, 6) is -0.862. The number of ketones is 1. The lowest BCUT2D eigenvalue weighted by Crippen LogP contribution is -2.09. The Kier molecular flexibility index (Phi) is 3.39. The molecule has 0 aliphatic heterocycles. The predicted octanol–water partition coefficient (Wildman–Crippen LogP) is 2.88. The van der Waals surface area contributed by atoms with Gasteiger partial charge in [0.2, 0.25) is 0 Å². The van der Waals surface area contributed by atoms with Gasteiger partial charge in [-0.3, -0.25) is 9.59 Å². The van der Waals surface area contributed by atoms with E-state index in [1.165, 1.54) is 7.11 Å². The first-order valence-electron chi connectivity index (χ1n) is 5.40. The zero-order valence-corrected chi connectivity index (χ0v) is 10.8. The lowest BCUT2D eigenvalue weighted by atomic mass is 10.1. The second-order valence-electron chi connectivity index (χ2n) is 4.00. The molecule has 2 rings (SSSR count). The molecule has 0 unspecified atom stereocenters. The van der Waals surface area contributed by atoms with Gasteiger partial charge in [-0.2, -0.15) is 0 Å². The van der Waals surface area contributed by atoms with E-state index in [0.29, 0.717) is 16.0 Å². The molecule has 0 saturated carbocycles. The Labute approximate surface area is 109 Å². The van der Waals surface area contributed by atoms with Crippen molar-refractivity contribution in [2.75, 3.05) is 7.11 Å². The third-order valence-corrected chi connectivity index (χ3v) is 3.30. The summed E-state index contributed by atoms with van der Waals surface area (Å²) in [4.78, 5) is 26.1. The molecule has 4 nitrogen and oxygen atoms in total. The molecule has 0 atom stereocenters. The summed E-state index contributed by atoms with van der Waals surface area (Å²) in [6, 6.07) is 3.72. The number of ether oxygens (including phenoxy) is 1. The molecule has 0 radical (unpaired) electrons. The fourth-order valence-corrected chi connectivity index (χ4v) is 2.07. The van der Waals surface area contributed by atoms with E-state index in [1.807, 2.05) is 19.1 Å². The van der Waals surface area contributed by atoms with E-state index < -0.39 is 5.97 Å². The number of aryl methyl sites for hydroxylation is 1. The third kappa shape index (κ3) is 2.11. The summed E-state index contributed by atoms with van der Waals surface area (Å²) >= 11 is 6.20. The normalized spacial score (nSPS) is 10.6. The molecular formula is C13H12ClNO3. The number of aromatic amines is 1. The molecular weight excluding hydrogens is 254 g/mol. The molecule has 2 aromatic rings. The van der Waals surface area contributed by atoms with Gasteiger partial charge in [0, 0.05) is 22.7 Å². The van der Waals surface area contributed by atoms with Crippen LogP contribution in [0.2, 0.25) is 5.02 Å². The Morgan fingerprint density at radius 3 is 2.78 bits per heavy atom. The summed E-state index contributed by atoms with van der Waals surface area (Å²) in [5, 5.41) is 1.19. The minimum absolute atomic E-state index is 0.284. The molecule has 1 aromatic carbocycles. The van der Waals surface area contributed by atoms with Crippen molar-refractivity contribution in [1.82, 2.24) is 4.98 Å². The maximum absolute atomic E-state index is 12.0. The molecule has 0 bridgehead atoms. The maximum atomic E-state index is 12.0. The standard InChI is InChI=1S/C13H12ClNO3/c1-7-3-4-9-12(13(7)14)8(6-15-9)10(16)5-11(17)18-2/h3-4,6,15H,5H2,1-2H3. The van der Waals surface area contributed by atoms with Crippen LogP contribution in [0.5, 0.6) is 0 Å². The van der Waals surface area contributed by atoms with Gasteiger partial charge >= 0.3 is 5.97 Å². The van der Waals surface area contributed by atoms with Crippen LogP contribution in [0.25, 0.3) is 10.9 Å². The molecule has 0 amide bonds. The van der Waals surface area contributed by atoms with E-state index in [-0.39, 0.29) is 12.2 Å². The van der Waals surface area contributed by atoms with E-state index in [4.69, 9.17) is 11.6 Å². The highest BCUT2D eigenvalue weighted by atomic mass is 35.5. The number of benzene rings is 1. The second kappa shape index (κ2) is 4.82. The van der Waals surface area contributed by atoms with Crippen molar-refractivity contribution >= 4 is 34.3 Å². The van der Waals surface area contributed by atoms with Crippen molar-refractivity contribution in [3.05, 3.63) is 34.5 Å². The van der Waals surface area contributed by atoms with Gasteiger partial charge in [-0.25, -0.2) is 0 Å². The van der Waals surface area contributed by atoms with Crippen LogP contribution in [0.1, 0.15) is 22.3 Å². The van der Waals surface area contributed by atoms with Gasteiger partial charge in [-0.15, -0.1) is 0 Å². The number of carbonyl (C=O) groups is 2. The van der Waals surface area contributed by atoms with Gasteiger partial charge in [0.15, 0.2) is 5.78 Å². The van der Waals surface area contributed by atoms with E-state index in [9.17, 15) is 9.59 Å². The first kappa shape index (κ1) is 12.6. The van der Waals surface area contributed by atoms with Gasteiger partial charge < -0.3 is 9.72 Å². The minimum Gasteiger partial charge on any atom is -0.469 e. The number of esters is 1. The average molecular weight is 266 g/mol. The SMILES string of the molecule is COC(=O)CC(=O)c1c[nH]c2ccc(C)c(Cl)c12. The second-order valence-corrected chi connectivity index (χ2v) is 4.38. The van der Waals surface area contributed by atoms with Crippen LogP contribution in [0, 0.1) is 6.92 Å². The molecule has 1 heterocycles. The summed E-state index contributed by atoms with van der Waals surface area (Å²) in [7, 11) is 1.25. The fraction of sp³-hybridized carbons (Fsp3) is 0.231. The van der Waals surface area contributed by atoms with Crippen LogP contribution < -0.4 is 0 Å². The number of rotatable bonds is 3. The molecule has 1 aromatic heterocycles. The molecule has 0 aliphatic rings. The molecule has 0 aliphatic carbocycles. The Hall–Kier alpha value is -1.81. The minimum atomic E-state index is -0.557. The highest BCUT2D eigenvalue weighted by Gasteiger charge is 2.18. The molecule has 0 spiro atoms. The smallest absolute Gasteiger partial charge is 0.313 e. The number of hydrogen-bond acceptors (Lipinski definition) is 3. The monoisotopic (exact) mass is 265 g/mol. The van der Waals surface area contributed by atoms with E-state index in [1.54, 1.807) is 6.20 Å². The van der Waals surface area contributed by atoms with Crippen molar-refractivity contribution in [1.29, 1.82) is 0 Å². The highest BCUT2D eigenvalue weighted by molar-refractivity contribution is 6.37. The number of methoxy groups -OCH3 is 1. The van der Waals surface area contributed by atoms with Gasteiger partial charge in [-0.05, 0) is 18.6 Å². The van der Waals surface area contributed by atoms with Crippen molar-refractivity contribution < 1.29 is 14.3 Å². The summed E-state index contributed by atoms with van der Waals surface area (Å²) in [5.41, 5.74) is 2.08. The number of nitrogens with one attached hydrogen (secondary N) is 1. The number of carbonyl (C=O) groups excluding carboxylic acids is 2. The number of aromatic nitrogens is 1. The van der Waals surface area contributed by atoms with E-state index in [0.717, 1.165) is 11.1 Å². The molecule has 0 saturated heterocycles. The molecule has 1 N–H and O–H groups in total. The molecule has 94 valence electrons. The first-order chi connectivity index (χ1) is 8.54. The Morgan fingerprint density at radius 2 is 2.11 bits per heavy atom. The van der Waals surface area contributed by atoms with Crippen LogP contribution in [0.4, 0.5) is 0 Å². The predicted molar refractivity (Wildman–Crippen MR) is 69.0 cm³/mol. The third-order valence-electron chi connectivity index (χ3n) is 2.81. The number of H-pyrrole nitrogens is 1. The quantitative estimate of drug-likeness (QED) is 0.527. The van der Waals surface area contributed by atoms with Crippen LogP contribution in [-0.4, -0.2) is 23.8 Å². The summed E-state index contributed by atoms with van der Waals surface area (Å²) < 4.78 is 4.48. The Bertz CT molecular complexity index is 630. The lowest BCUT2D eigenvalue weighted by Gasteiger charge is -2.02. The van der Waals surface area contributed by atoms with Crippen molar-refractivity contribution in [2.45, 2.75) is 13.3 Å². The summed E-state index contributed by atoms with van der Waals surface area (Å²) in [6.07, 6.45) is 1.29. The van der Waals surface area contributed by atoms with Gasteiger partial charge in [0.1, 0.15) is 6.42 Å². The van der Waals surface area contributed by atoms with E-state index in [2.05, 4.69) is 9.72 Å². The van der Waals surface area contributed by atoms with Crippen LogP contribution in [0.15, 0.2) is 18.3 Å². The number of fused-ring (bicyclic) bond motifs is 1. The van der Waals surface area contributed by atoms with Crippen molar-refractivity contribution in [2.24, 2.45) is 0 Å². The number of hydrogen-bond donors (Lipinski definition) is 1. The Morgan fingerprint density at radius 1 is 1.39 bits per heavy atom. The topological polar surface area (TPSA) is 59.2 Å². The van der Waals surface area contributed by atoms with Gasteiger partial charge in [-0.1, -0.05) is 17.7 Å². The largest absolute Gasteiger partial charge is 0.469 e.